The van der Waals surface area contributed by atoms with Gasteiger partial charge in [-0.25, -0.2) is 8.42 Å². The van der Waals surface area contributed by atoms with E-state index in [0.717, 1.165) is 11.8 Å². The van der Waals surface area contributed by atoms with Crippen molar-refractivity contribution in [1.29, 1.82) is 0 Å². The van der Waals surface area contributed by atoms with Crippen molar-refractivity contribution in [3.8, 4) is 5.75 Å². The topological polar surface area (TPSA) is 96.0 Å². The number of sulfonamides is 1. The van der Waals surface area contributed by atoms with Gasteiger partial charge in [0, 0.05) is 25.6 Å². The van der Waals surface area contributed by atoms with Crippen molar-refractivity contribution in [2.45, 2.75) is 59.0 Å². The van der Waals surface area contributed by atoms with Gasteiger partial charge >= 0.3 is 0 Å². The second kappa shape index (κ2) is 13.9. The molecule has 0 saturated heterocycles. The number of amides is 2. The molecule has 1 N–H and O–H groups in total. The molecule has 0 aliphatic carbocycles. The highest BCUT2D eigenvalue weighted by Gasteiger charge is 2.27. The summed E-state index contributed by atoms with van der Waals surface area (Å²) < 4.78 is 32.0. The molecule has 0 fully saturated rings. The van der Waals surface area contributed by atoms with Crippen molar-refractivity contribution in [3.05, 3.63) is 60.2 Å². The molecule has 0 spiro atoms. The molecule has 2 aromatic rings. The van der Waals surface area contributed by atoms with Crippen LogP contribution in [0.25, 0.3) is 0 Å². The van der Waals surface area contributed by atoms with E-state index in [-0.39, 0.29) is 30.8 Å². The number of nitrogens with one attached hydrogen (secondary N) is 1. The summed E-state index contributed by atoms with van der Waals surface area (Å²) in [5.41, 5.74) is 1.52. The largest absolute Gasteiger partial charge is 0.492 e. The molecule has 36 heavy (non-hydrogen) atoms. The second-order valence-corrected chi connectivity index (χ2v) is 10.9. The van der Waals surface area contributed by atoms with Crippen molar-refractivity contribution < 1.29 is 22.7 Å². The smallest absolute Gasteiger partial charge is 0.242 e. The third kappa shape index (κ3) is 8.86. The van der Waals surface area contributed by atoms with Gasteiger partial charge in [0.2, 0.25) is 21.8 Å². The lowest BCUT2D eigenvalue weighted by Crippen LogP contribution is -2.50. The number of ether oxygens (including phenoxy) is 1. The monoisotopic (exact) mass is 517 g/mol. The Labute approximate surface area is 215 Å². The number of hydrogen-bond donors (Lipinski definition) is 1. The van der Waals surface area contributed by atoms with Crippen molar-refractivity contribution >= 4 is 27.5 Å². The Morgan fingerprint density at radius 1 is 0.972 bits per heavy atom. The van der Waals surface area contributed by atoms with E-state index >= 15 is 0 Å². The number of para-hydroxylation sites is 2. The van der Waals surface area contributed by atoms with Crippen LogP contribution in [0.2, 0.25) is 0 Å². The molecule has 0 aliphatic heterocycles. The molecule has 0 unspecified atom stereocenters. The molecule has 0 heterocycles. The van der Waals surface area contributed by atoms with Gasteiger partial charge in [-0.05, 0) is 58.2 Å². The predicted molar refractivity (Wildman–Crippen MR) is 144 cm³/mol. The van der Waals surface area contributed by atoms with Gasteiger partial charge in [0.05, 0.1) is 18.6 Å². The zero-order valence-corrected chi connectivity index (χ0v) is 22.8. The Kier molecular flexibility index (Phi) is 11.2. The highest BCUT2D eigenvalue weighted by atomic mass is 32.2. The highest BCUT2D eigenvalue weighted by Crippen LogP contribution is 2.30. The first-order chi connectivity index (χ1) is 17.0. The SMILES string of the molecule is CCOc1ccccc1N(CCCC(=O)N(CCc1ccccc1)[C@@H](C)C(=O)NC(C)C)S(C)(=O)=O. The fourth-order valence-corrected chi connectivity index (χ4v) is 4.87. The third-order valence-electron chi connectivity index (χ3n) is 5.67. The van der Waals surface area contributed by atoms with Crippen molar-refractivity contribution in [3.63, 3.8) is 0 Å². The number of hydrogen-bond acceptors (Lipinski definition) is 5. The van der Waals surface area contributed by atoms with E-state index in [4.69, 9.17) is 4.74 Å². The van der Waals surface area contributed by atoms with Crippen LogP contribution >= 0.6 is 0 Å². The van der Waals surface area contributed by atoms with E-state index in [1.807, 2.05) is 51.1 Å². The molecule has 8 nitrogen and oxygen atoms in total. The molecule has 2 aromatic carbocycles. The molecule has 1 atom stereocenters. The van der Waals surface area contributed by atoms with Crippen LogP contribution in [0.3, 0.4) is 0 Å². The Morgan fingerprint density at radius 2 is 1.61 bits per heavy atom. The van der Waals surface area contributed by atoms with Gasteiger partial charge in [0.25, 0.3) is 0 Å². The summed E-state index contributed by atoms with van der Waals surface area (Å²) in [7, 11) is -3.60. The number of carbonyl (C=O) groups is 2. The lowest BCUT2D eigenvalue weighted by Gasteiger charge is -2.30. The number of carbonyl (C=O) groups excluding carboxylic acids is 2. The molecule has 198 valence electrons. The zero-order chi connectivity index (χ0) is 26.7. The van der Waals surface area contributed by atoms with Crippen LogP contribution in [0, 0.1) is 0 Å². The summed E-state index contributed by atoms with van der Waals surface area (Å²) in [4.78, 5) is 27.6. The van der Waals surface area contributed by atoms with Gasteiger partial charge < -0.3 is 15.0 Å². The van der Waals surface area contributed by atoms with Crippen LogP contribution in [0.5, 0.6) is 5.75 Å². The predicted octanol–water partition coefficient (Wildman–Crippen LogP) is 3.62. The van der Waals surface area contributed by atoms with Crippen LogP contribution < -0.4 is 14.4 Å². The van der Waals surface area contributed by atoms with E-state index in [0.29, 0.717) is 37.4 Å². The van der Waals surface area contributed by atoms with Gasteiger partial charge in [-0.1, -0.05) is 42.5 Å². The first-order valence-electron chi connectivity index (χ1n) is 12.4. The normalized spacial score (nSPS) is 12.2. The summed E-state index contributed by atoms with van der Waals surface area (Å²) in [6, 6.07) is 16.1. The van der Waals surface area contributed by atoms with E-state index < -0.39 is 16.1 Å². The van der Waals surface area contributed by atoms with Crippen LogP contribution in [-0.4, -0.2) is 63.2 Å². The van der Waals surface area contributed by atoms with E-state index in [1.54, 1.807) is 36.1 Å². The van der Waals surface area contributed by atoms with Gasteiger partial charge in [-0.3, -0.25) is 13.9 Å². The minimum Gasteiger partial charge on any atom is -0.492 e. The lowest BCUT2D eigenvalue weighted by molar-refractivity contribution is -0.140. The molecule has 0 bridgehead atoms. The van der Waals surface area contributed by atoms with Gasteiger partial charge in [-0.2, -0.15) is 0 Å². The average molecular weight is 518 g/mol. The Bertz CT molecular complexity index is 1090. The zero-order valence-electron chi connectivity index (χ0n) is 21.9. The van der Waals surface area contributed by atoms with Crippen molar-refractivity contribution in [2.24, 2.45) is 0 Å². The van der Waals surface area contributed by atoms with Crippen LogP contribution in [0.1, 0.15) is 46.1 Å². The number of nitrogens with zero attached hydrogens (tertiary/aromatic N) is 2. The molecule has 0 saturated carbocycles. The Hall–Kier alpha value is -3.07. The molecular weight excluding hydrogens is 478 g/mol. The lowest BCUT2D eigenvalue weighted by atomic mass is 10.1. The highest BCUT2D eigenvalue weighted by molar-refractivity contribution is 7.92. The molecule has 9 heteroatoms. The Morgan fingerprint density at radius 3 is 2.22 bits per heavy atom. The maximum Gasteiger partial charge on any atom is 0.242 e. The first kappa shape index (κ1) is 29.2. The van der Waals surface area contributed by atoms with E-state index in [2.05, 4.69) is 5.32 Å². The summed E-state index contributed by atoms with van der Waals surface area (Å²) >= 11 is 0. The molecular formula is C27H39N3O5S. The number of benzene rings is 2. The fourth-order valence-electron chi connectivity index (χ4n) is 3.90. The summed E-state index contributed by atoms with van der Waals surface area (Å²) in [5.74, 6) is 0.0684. The van der Waals surface area contributed by atoms with E-state index in [1.165, 1.54) is 4.31 Å². The van der Waals surface area contributed by atoms with Gasteiger partial charge in [0.1, 0.15) is 11.8 Å². The molecule has 0 aromatic heterocycles. The average Bonchev–Trinajstić information content (AvgIpc) is 2.82. The third-order valence-corrected chi connectivity index (χ3v) is 6.85. The van der Waals surface area contributed by atoms with Crippen LogP contribution in [0.4, 0.5) is 5.69 Å². The van der Waals surface area contributed by atoms with Crippen molar-refractivity contribution in [2.75, 3.05) is 30.3 Å². The minimum atomic E-state index is -3.60. The van der Waals surface area contributed by atoms with Crippen LogP contribution in [0.15, 0.2) is 54.6 Å². The maximum absolute atomic E-state index is 13.3. The summed E-state index contributed by atoms with van der Waals surface area (Å²) in [5, 5.41) is 2.88. The van der Waals surface area contributed by atoms with Crippen LogP contribution in [-0.2, 0) is 26.0 Å². The second-order valence-electron chi connectivity index (χ2n) is 9.00. The summed E-state index contributed by atoms with van der Waals surface area (Å²) in [6.07, 6.45) is 2.16. The van der Waals surface area contributed by atoms with Crippen molar-refractivity contribution in [1.82, 2.24) is 10.2 Å². The molecule has 0 aliphatic rings. The first-order valence-corrected chi connectivity index (χ1v) is 14.2. The van der Waals surface area contributed by atoms with Gasteiger partial charge in [0.15, 0.2) is 0 Å². The quantitative estimate of drug-likeness (QED) is 0.413. The number of anilines is 1. The Balaban J connectivity index is 2.15. The minimum absolute atomic E-state index is 0.0419. The maximum atomic E-state index is 13.3. The molecule has 2 rings (SSSR count). The standard InChI is InChI=1S/C27H39N3O5S/c1-6-35-25-16-11-10-15-24(25)30(36(5,33)34)19-12-17-26(31)29(22(4)27(32)28-21(2)3)20-18-23-13-8-7-9-14-23/h7-11,13-16,21-22H,6,12,17-20H2,1-5H3,(H,28,32)/t22-/m0/s1. The molecule has 0 radical (unpaired) electrons. The number of rotatable bonds is 14. The summed E-state index contributed by atoms with van der Waals surface area (Å²) in [6.45, 7) is 8.22. The molecule has 2 amide bonds. The van der Waals surface area contributed by atoms with E-state index in [9.17, 15) is 18.0 Å². The fraction of sp³-hybridized carbons (Fsp3) is 0.481. The van der Waals surface area contributed by atoms with Gasteiger partial charge in [-0.15, -0.1) is 0 Å².